The molecule has 208 valence electrons. The molecule has 2 aromatic heterocycles. The molecule has 0 radical (unpaired) electrons. The number of hydrogen-bond donors (Lipinski definition) is 3. The van der Waals surface area contributed by atoms with E-state index in [1.54, 1.807) is 29.8 Å². The molecule has 1 amide bonds. The number of carbonyl (C=O) groups excluding carboxylic acids is 1. The third-order valence-electron chi connectivity index (χ3n) is 7.28. The van der Waals surface area contributed by atoms with Crippen molar-refractivity contribution >= 4 is 46.1 Å². The van der Waals surface area contributed by atoms with E-state index in [0.717, 1.165) is 37.2 Å². The van der Waals surface area contributed by atoms with Crippen molar-refractivity contribution in [2.45, 2.75) is 51.7 Å². The Labute approximate surface area is 230 Å². The summed E-state index contributed by atoms with van der Waals surface area (Å²) in [7, 11) is 0. The molecule has 2 aliphatic heterocycles. The zero-order chi connectivity index (χ0) is 27.4. The van der Waals surface area contributed by atoms with Crippen LogP contribution in [0.3, 0.4) is 0 Å². The summed E-state index contributed by atoms with van der Waals surface area (Å²) in [5, 5.41) is 7.87. The van der Waals surface area contributed by atoms with Gasteiger partial charge in [0.1, 0.15) is 10.7 Å². The second-order valence-corrected chi connectivity index (χ2v) is 10.8. The van der Waals surface area contributed by atoms with Crippen LogP contribution in [-0.2, 0) is 0 Å². The second kappa shape index (κ2) is 12.1. The third-order valence-corrected chi connectivity index (χ3v) is 8.21. The van der Waals surface area contributed by atoms with Crippen LogP contribution in [0.4, 0.5) is 37.6 Å². The van der Waals surface area contributed by atoms with E-state index in [-0.39, 0.29) is 11.7 Å². The van der Waals surface area contributed by atoms with Crippen molar-refractivity contribution in [3.63, 3.8) is 0 Å². The number of nitrogens with one attached hydrogen (secondary N) is 2. The number of alkyl halides is 2. The number of nitrogens with zero attached hydrogens (tertiary/aromatic N) is 4. The Morgan fingerprint density at radius 3 is 2.59 bits per heavy atom. The van der Waals surface area contributed by atoms with Crippen LogP contribution in [0.5, 0.6) is 5.75 Å². The lowest BCUT2D eigenvalue weighted by Gasteiger charge is -2.41. The van der Waals surface area contributed by atoms with Crippen molar-refractivity contribution in [2.24, 2.45) is 5.73 Å². The highest BCUT2D eigenvalue weighted by Crippen LogP contribution is 2.35. The first-order valence-corrected chi connectivity index (χ1v) is 14.1. The molecule has 0 spiro atoms. The average molecular weight is 558 g/mol. The number of likely N-dealkylation sites (tertiary alicyclic amines) is 1. The number of hydrogen-bond acceptors (Lipinski definition) is 9. The van der Waals surface area contributed by atoms with E-state index < -0.39 is 12.5 Å². The highest BCUT2D eigenvalue weighted by atomic mass is 32.1. The molecular formula is C27H33F2N7O2S. The van der Waals surface area contributed by atoms with Gasteiger partial charge in [-0.15, -0.1) is 11.3 Å². The summed E-state index contributed by atoms with van der Waals surface area (Å²) in [5.74, 6) is 0.126. The van der Waals surface area contributed by atoms with E-state index in [1.807, 2.05) is 13.0 Å². The summed E-state index contributed by atoms with van der Waals surface area (Å²) in [6.07, 6.45) is 7.57. The number of rotatable bonds is 9. The molecule has 2 fully saturated rings. The van der Waals surface area contributed by atoms with Crippen molar-refractivity contribution in [3.05, 3.63) is 46.3 Å². The van der Waals surface area contributed by atoms with E-state index >= 15 is 0 Å². The molecular weight excluding hydrogens is 524 g/mol. The number of primary amides is 1. The largest absolute Gasteiger partial charge is 0.433 e. The maximum atomic E-state index is 13.4. The highest BCUT2D eigenvalue weighted by Gasteiger charge is 2.26. The zero-order valence-corrected chi connectivity index (χ0v) is 22.6. The second-order valence-electron chi connectivity index (χ2n) is 9.88. The maximum absolute atomic E-state index is 13.4. The van der Waals surface area contributed by atoms with Gasteiger partial charge in [-0.05, 0) is 69.3 Å². The molecule has 2 saturated heterocycles. The molecule has 9 nitrogen and oxygen atoms in total. The van der Waals surface area contributed by atoms with Crippen molar-refractivity contribution < 1.29 is 18.3 Å². The van der Waals surface area contributed by atoms with Gasteiger partial charge in [0.25, 0.3) is 5.91 Å². The maximum Gasteiger partial charge on any atom is 0.387 e. The number of amides is 1. The van der Waals surface area contributed by atoms with Gasteiger partial charge in [-0.2, -0.15) is 13.8 Å². The number of aryl methyl sites for hydroxylation is 1. The summed E-state index contributed by atoms with van der Waals surface area (Å²) < 4.78 is 31.6. The Bertz CT molecular complexity index is 1290. The summed E-state index contributed by atoms with van der Waals surface area (Å²) in [5.41, 5.74) is 7.89. The van der Waals surface area contributed by atoms with Crippen molar-refractivity contribution in [1.82, 2.24) is 14.9 Å². The fraction of sp³-hybridized carbons (Fsp3) is 0.444. The van der Waals surface area contributed by atoms with Crippen LogP contribution in [0.15, 0.2) is 35.8 Å². The molecule has 0 saturated carbocycles. The van der Waals surface area contributed by atoms with Gasteiger partial charge in [0, 0.05) is 42.6 Å². The SMILES string of the molecule is Cc1cnc(Nc2ccc(N3CCC(N4CCCCC4)CC3)cc2OC(F)F)nc1Nc1ccsc1C(N)=O. The molecule has 2 aliphatic rings. The lowest BCUT2D eigenvalue weighted by molar-refractivity contribution is -0.0493. The quantitative estimate of drug-likeness (QED) is 0.317. The predicted molar refractivity (Wildman–Crippen MR) is 150 cm³/mol. The van der Waals surface area contributed by atoms with Gasteiger partial charge >= 0.3 is 6.61 Å². The molecule has 0 aliphatic carbocycles. The Hall–Kier alpha value is -3.51. The fourth-order valence-corrected chi connectivity index (χ4v) is 5.95. The summed E-state index contributed by atoms with van der Waals surface area (Å²) >= 11 is 1.23. The number of carbonyl (C=O) groups is 1. The first-order chi connectivity index (χ1) is 18.9. The van der Waals surface area contributed by atoms with Gasteiger partial charge in [-0.1, -0.05) is 6.42 Å². The molecule has 12 heteroatoms. The minimum absolute atomic E-state index is 0.0215. The Balaban J connectivity index is 1.31. The molecule has 4 heterocycles. The predicted octanol–water partition coefficient (Wildman–Crippen LogP) is 5.49. The van der Waals surface area contributed by atoms with Gasteiger partial charge in [0.2, 0.25) is 5.95 Å². The van der Waals surface area contributed by atoms with Crippen LogP contribution in [0, 0.1) is 6.92 Å². The monoisotopic (exact) mass is 557 g/mol. The van der Waals surface area contributed by atoms with Crippen LogP contribution >= 0.6 is 11.3 Å². The van der Waals surface area contributed by atoms with Gasteiger partial charge < -0.3 is 30.9 Å². The van der Waals surface area contributed by atoms with Gasteiger partial charge in [-0.3, -0.25) is 4.79 Å². The number of piperidine rings is 2. The topological polar surface area (TPSA) is 109 Å². The van der Waals surface area contributed by atoms with E-state index in [0.29, 0.717) is 28.1 Å². The molecule has 0 unspecified atom stereocenters. The molecule has 3 aromatic rings. The normalized spacial score (nSPS) is 16.9. The van der Waals surface area contributed by atoms with Gasteiger partial charge in [0.05, 0.1) is 11.4 Å². The minimum Gasteiger partial charge on any atom is -0.433 e. The van der Waals surface area contributed by atoms with Crippen LogP contribution < -0.4 is 26.0 Å². The fourth-order valence-electron chi connectivity index (χ4n) is 5.25. The molecule has 5 rings (SSSR count). The number of benzene rings is 1. The average Bonchev–Trinajstić information content (AvgIpc) is 3.40. The highest BCUT2D eigenvalue weighted by molar-refractivity contribution is 7.12. The van der Waals surface area contributed by atoms with E-state index in [2.05, 4.69) is 30.4 Å². The lowest BCUT2D eigenvalue weighted by atomic mass is 9.99. The Morgan fingerprint density at radius 2 is 1.87 bits per heavy atom. The number of nitrogens with two attached hydrogens (primary N) is 1. The van der Waals surface area contributed by atoms with Crippen LogP contribution in [0.25, 0.3) is 0 Å². The number of anilines is 5. The summed E-state index contributed by atoms with van der Waals surface area (Å²) in [4.78, 5) is 25.7. The molecule has 0 atom stereocenters. The van der Waals surface area contributed by atoms with E-state index in [1.165, 1.54) is 43.7 Å². The number of ether oxygens (including phenoxy) is 1. The van der Waals surface area contributed by atoms with E-state index in [9.17, 15) is 13.6 Å². The lowest BCUT2D eigenvalue weighted by Crippen LogP contribution is -2.46. The number of thiophene rings is 1. The summed E-state index contributed by atoms with van der Waals surface area (Å²) in [6.45, 7) is 2.93. The third kappa shape index (κ3) is 6.56. The number of halogens is 2. The summed E-state index contributed by atoms with van der Waals surface area (Å²) in [6, 6.07) is 7.59. The molecule has 0 bridgehead atoms. The van der Waals surface area contributed by atoms with Crippen LogP contribution in [0.1, 0.15) is 47.3 Å². The van der Waals surface area contributed by atoms with Crippen molar-refractivity contribution in [1.29, 1.82) is 0 Å². The standard InChI is InChI=1S/C27H33F2N7O2S/c1-17-16-31-27(34-25(17)32-21-9-14-39-23(21)24(30)37)33-20-6-5-19(15-22(20)38-26(28)29)36-12-7-18(8-13-36)35-10-3-2-4-11-35/h5-6,9,14-16,18,26H,2-4,7-8,10-13H2,1H3,(H2,30,37)(H2,31,32,33,34). The van der Waals surface area contributed by atoms with Crippen LogP contribution in [0.2, 0.25) is 0 Å². The molecule has 1 aromatic carbocycles. The molecule has 4 N–H and O–H groups in total. The zero-order valence-electron chi connectivity index (χ0n) is 21.8. The number of aromatic nitrogens is 2. The van der Waals surface area contributed by atoms with Crippen molar-refractivity contribution in [2.75, 3.05) is 41.7 Å². The first-order valence-electron chi connectivity index (χ1n) is 13.2. The Kier molecular flexibility index (Phi) is 8.41. The minimum atomic E-state index is -2.98. The molecule has 39 heavy (non-hydrogen) atoms. The van der Waals surface area contributed by atoms with Gasteiger partial charge in [0.15, 0.2) is 5.75 Å². The smallest absolute Gasteiger partial charge is 0.387 e. The van der Waals surface area contributed by atoms with Crippen LogP contribution in [-0.4, -0.2) is 59.6 Å². The van der Waals surface area contributed by atoms with Gasteiger partial charge in [-0.25, -0.2) is 4.98 Å². The van der Waals surface area contributed by atoms with Crippen molar-refractivity contribution in [3.8, 4) is 5.75 Å². The Morgan fingerprint density at radius 1 is 1.10 bits per heavy atom. The first kappa shape index (κ1) is 27.1. The van der Waals surface area contributed by atoms with E-state index in [4.69, 9.17) is 10.5 Å².